The molecule has 10 heteroatoms. The smallest absolute Gasteiger partial charge is 0.298 e. The van der Waals surface area contributed by atoms with E-state index in [1.165, 1.54) is 21.9 Å². The minimum Gasteiger partial charge on any atom is -0.303 e. The molecular formula is C16H24N8OS. The fraction of sp³-hybridized carbons (Fsp3) is 0.438. The molecule has 3 aromatic heterocycles. The van der Waals surface area contributed by atoms with Crippen LogP contribution in [0.15, 0.2) is 40.8 Å². The van der Waals surface area contributed by atoms with Crippen molar-refractivity contribution in [3.05, 3.63) is 41.3 Å². The van der Waals surface area contributed by atoms with Crippen LogP contribution >= 0.6 is 11.8 Å². The predicted octanol–water partition coefficient (Wildman–Crippen LogP) is 1.61. The molecule has 0 aromatic carbocycles. The molecule has 26 heavy (non-hydrogen) atoms. The van der Waals surface area contributed by atoms with E-state index in [-0.39, 0.29) is 13.0 Å². The summed E-state index contributed by atoms with van der Waals surface area (Å²) in [6.07, 6.45) is 6.18. The summed E-state index contributed by atoms with van der Waals surface area (Å²) in [6, 6.07) is 1.80. The summed E-state index contributed by atoms with van der Waals surface area (Å²) < 4.78 is 2.78. The predicted molar refractivity (Wildman–Crippen MR) is 102 cm³/mol. The normalized spacial score (nSPS) is 10.9. The van der Waals surface area contributed by atoms with E-state index >= 15 is 0 Å². The van der Waals surface area contributed by atoms with Gasteiger partial charge in [0.05, 0.1) is 18.6 Å². The lowest BCUT2D eigenvalue weighted by Gasteiger charge is -2.17. The van der Waals surface area contributed by atoms with Gasteiger partial charge < -0.3 is 4.90 Å². The number of nitrogens with one attached hydrogen (secondary N) is 1. The van der Waals surface area contributed by atoms with Gasteiger partial charge in [0.1, 0.15) is 11.4 Å². The Kier molecular flexibility index (Phi) is 7.10. The highest BCUT2D eigenvalue weighted by molar-refractivity contribution is 7.99. The summed E-state index contributed by atoms with van der Waals surface area (Å²) in [5.74, 6) is 1.43. The molecule has 3 heterocycles. The molecular weight excluding hydrogens is 352 g/mol. The lowest BCUT2D eigenvalue weighted by Crippen LogP contribution is -2.25. The lowest BCUT2D eigenvalue weighted by atomic mass is 10.5. The third kappa shape index (κ3) is 4.38. The molecule has 3 rings (SSSR count). The van der Waals surface area contributed by atoms with Crippen molar-refractivity contribution in [3.8, 4) is 11.5 Å². The number of aromatic nitrogens is 7. The van der Waals surface area contributed by atoms with Gasteiger partial charge in [-0.15, -0.1) is 16.9 Å². The highest BCUT2D eigenvalue weighted by Gasteiger charge is 2.12. The van der Waals surface area contributed by atoms with E-state index in [0.717, 1.165) is 30.4 Å². The minimum absolute atomic E-state index is 0. The Bertz CT molecular complexity index is 853. The molecule has 0 unspecified atom stereocenters. The Morgan fingerprint density at radius 1 is 1.27 bits per heavy atom. The van der Waals surface area contributed by atoms with E-state index in [1.807, 2.05) is 0 Å². The van der Waals surface area contributed by atoms with Crippen LogP contribution in [0, 0.1) is 0 Å². The topological polar surface area (TPSA) is 97.5 Å². The molecule has 3 aromatic rings. The number of H-pyrrole nitrogens is 1. The molecule has 0 aliphatic rings. The summed E-state index contributed by atoms with van der Waals surface area (Å²) in [4.78, 5) is 23.4. The Morgan fingerprint density at radius 2 is 2.08 bits per heavy atom. The molecule has 0 saturated heterocycles. The first kappa shape index (κ1) is 19.9. The number of thioether (sulfide) groups is 1. The van der Waals surface area contributed by atoms with Crippen LogP contribution in [0.25, 0.3) is 11.5 Å². The Hall–Kier alpha value is -2.46. The van der Waals surface area contributed by atoms with Crippen LogP contribution in [0.3, 0.4) is 0 Å². The first-order chi connectivity index (χ1) is 12.2. The molecule has 0 saturated carbocycles. The van der Waals surface area contributed by atoms with Gasteiger partial charge in [0.25, 0.3) is 5.56 Å². The second-order valence-electron chi connectivity index (χ2n) is 5.24. The van der Waals surface area contributed by atoms with Crippen molar-refractivity contribution >= 4 is 11.8 Å². The quantitative estimate of drug-likeness (QED) is 0.471. The van der Waals surface area contributed by atoms with Gasteiger partial charge >= 0.3 is 0 Å². The maximum absolute atomic E-state index is 12.5. The van der Waals surface area contributed by atoms with E-state index in [4.69, 9.17) is 0 Å². The third-order valence-electron chi connectivity index (χ3n) is 3.83. The van der Waals surface area contributed by atoms with Crippen LogP contribution in [0.5, 0.6) is 0 Å². The summed E-state index contributed by atoms with van der Waals surface area (Å²) in [5.41, 5.74) is 0.134. The van der Waals surface area contributed by atoms with Crippen molar-refractivity contribution < 1.29 is 0 Å². The average molecular weight is 376 g/mol. The van der Waals surface area contributed by atoms with Crippen molar-refractivity contribution in [1.29, 1.82) is 0 Å². The van der Waals surface area contributed by atoms with E-state index < -0.39 is 0 Å². The van der Waals surface area contributed by atoms with Crippen molar-refractivity contribution in [3.63, 3.8) is 0 Å². The summed E-state index contributed by atoms with van der Waals surface area (Å²) in [6.45, 7) is 7.38. The summed E-state index contributed by atoms with van der Waals surface area (Å²) in [7, 11) is 0. The van der Waals surface area contributed by atoms with Gasteiger partial charge in [-0.1, -0.05) is 26.5 Å². The monoisotopic (exact) mass is 376 g/mol. The molecule has 0 atom stereocenters. The van der Waals surface area contributed by atoms with Gasteiger partial charge in [-0.25, -0.2) is 14.6 Å². The van der Waals surface area contributed by atoms with Crippen LogP contribution in [0.4, 0.5) is 0 Å². The van der Waals surface area contributed by atoms with Gasteiger partial charge in [-0.2, -0.15) is 4.68 Å². The van der Waals surface area contributed by atoms with Crippen molar-refractivity contribution in [1.82, 2.24) is 39.6 Å². The van der Waals surface area contributed by atoms with E-state index in [2.05, 4.69) is 44.1 Å². The highest BCUT2D eigenvalue weighted by atomic mass is 32.2. The van der Waals surface area contributed by atoms with Gasteiger partial charge in [-0.05, 0) is 13.1 Å². The Balaban J connectivity index is 0.00000243. The standard InChI is InChI=1S/C15H20N8OS.CH4/c1-3-21(4-2)7-8-25-14-9-13(16-11-17-14)23-15(24)12(10-19-23)22-6-5-18-20-22;/h5-6,9-11,19H,3-4,7-8H2,1-2H3;1H4. The number of aromatic amines is 1. The molecule has 0 amide bonds. The van der Waals surface area contributed by atoms with Crippen LogP contribution < -0.4 is 5.56 Å². The second kappa shape index (κ2) is 9.30. The van der Waals surface area contributed by atoms with Crippen LogP contribution in [-0.4, -0.2) is 65.0 Å². The Labute approximate surface area is 156 Å². The number of rotatable bonds is 8. The largest absolute Gasteiger partial charge is 0.303 e. The van der Waals surface area contributed by atoms with Gasteiger partial charge in [0.15, 0.2) is 11.5 Å². The first-order valence-corrected chi connectivity index (χ1v) is 9.06. The van der Waals surface area contributed by atoms with Gasteiger partial charge in [-0.3, -0.25) is 9.89 Å². The molecule has 0 bridgehead atoms. The zero-order valence-electron chi connectivity index (χ0n) is 14.2. The van der Waals surface area contributed by atoms with Crippen LogP contribution in [-0.2, 0) is 0 Å². The van der Waals surface area contributed by atoms with Crippen LogP contribution in [0.1, 0.15) is 21.3 Å². The summed E-state index contributed by atoms with van der Waals surface area (Å²) >= 11 is 1.65. The maximum Gasteiger partial charge on any atom is 0.298 e. The fourth-order valence-electron chi connectivity index (χ4n) is 2.38. The lowest BCUT2D eigenvalue weighted by molar-refractivity contribution is 0.324. The maximum atomic E-state index is 12.5. The summed E-state index contributed by atoms with van der Waals surface area (Å²) in [5, 5.41) is 11.3. The first-order valence-electron chi connectivity index (χ1n) is 8.07. The fourth-order valence-corrected chi connectivity index (χ4v) is 3.25. The Morgan fingerprint density at radius 3 is 2.77 bits per heavy atom. The van der Waals surface area contributed by atoms with Crippen LogP contribution in [0.2, 0.25) is 0 Å². The zero-order chi connectivity index (χ0) is 17.6. The van der Waals surface area contributed by atoms with E-state index in [1.54, 1.807) is 30.2 Å². The van der Waals surface area contributed by atoms with Crippen molar-refractivity contribution in [2.24, 2.45) is 0 Å². The molecule has 1 N–H and O–H groups in total. The third-order valence-corrected chi connectivity index (χ3v) is 4.74. The number of hydrogen-bond donors (Lipinski definition) is 1. The average Bonchev–Trinajstić information content (AvgIpc) is 3.28. The highest BCUT2D eigenvalue weighted by Crippen LogP contribution is 2.16. The molecule has 140 valence electrons. The van der Waals surface area contributed by atoms with Gasteiger partial charge in [0, 0.05) is 18.4 Å². The molecule has 0 radical (unpaired) electrons. The second-order valence-corrected chi connectivity index (χ2v) is 6.35. The molecule has 0 fully saturated rings. The van der Waals surface area contributed by atoms with Crippen molar-refractivity contribution in [2.45, 2.75) is 26.3 Å². The zero-order valence-corrected chi connectivity index (χ0v) is 15.0. The van der Waals surface area contributed by atoms with E-state index in [9.17, 15) is 4.79 Å². The number of hydrogen-bond acceptors (Lipinski definition) is 7. The van der Waals surface area contributed by atoms with Gasteiger partial charge in [0.2, 0.25) is 0 Å². The molecule has 0 spiro atoms. The molecule has 9 nitrogen and oxygen atoms in total. The van der Waals surface area contributed by atoms with Crippen molar-refractivity contribution in [2.75, 3.05) is 25.4 Å². The number of nitrogens with zero attached hydrogens (tertiary/aromatic N) is 7. The molecule has 0 aliphatic heterocycles. The SMILES string of the molecule is C.CCN(CC)CCSc1cc(-n2[nH]cc(-n3ccnn3)c2=O)ncn1. The minimum atomic E-state index is -0.247. The molecule has 0 aliphatic carbocycles. The van der Waals surface area contributed by atoms with E-state index in [0.29, 0.717) is 11.5 Å².